The molecule has 6 heteroatoms. The molecule has 1 saturated heterocycles. The van der Waals surface area contributed by atoms with Gasteiger partial charge in [0.25, 0.3) is 0 Å². The summed E-state index contributed by atoms with van der Waals surface area (Å²) in [6.07, 6.45) is 5.66. The lowest BCUT2D eigenvalue weighted by Gasteiger charge is -2.30. The van der Waals surface area contributed by atoms with Gasteiger partial charge in [0, 0.05) is 19.1 Å². The van der Waals surface area contributed by atoms with Crippen LogP contribution in [-0.4, -0.2) is 44.9 Å². The van der Waals surface area contributed by atoms with Crippen LogP contribution in [0.5, 0.6) is 0 Å². The minimum atomic E-state index is 0.122. The van der Waals surface area contributed by atoms with Crippen molar-refractivity contribution >= 4 is 0 Å². The Bertz CT molecular complexity index is 163. The van der Waals surface area contributed by atoms with E-state index in [2.05, 4.69) is 10.6 Å². The van der Waals surface area contributed by atoms with Gasteiger partial charge in [-0.15, -0.1) is 0 Å². The van der Waals surface area contributed by atoms with Crippen LogP contribution in [-0.2, 0) is 0 Å². The van der Waals surface area contributed by atoms with E-state index in [1.54, 1.807) is 0 Å². The normalized spacial score (nSPS) is 23.3. The standard InChI is InChI=1S/C8H20N4.C4H12N2/c9-4-2-1-3-7-8(10)12-6-5-11-7;5-3-1-2-4-6/h7-8,11-12H,1-6,9-10H2;1-6H2. The summed E-state index contributed by atoms with van der Waals surface area (Å²) in [6, 6.07) is 0.435. The van der Waals surface area contributed by atoms with Gasteiger partial charge in [-0.2, -0.15) is 0 Å². The van der Waals surface area contributed by atoms with E-state index in [-0.39, 0.29) is 6.17 Å². The van der Waals surface area contributed by atoms with Gasteiger partial charge in [0.1, 0.15) is 0 Å². The quantitative estimate of drug-likeness (QED) is 0.314. The van der Waals surface area contributed by atoms with Crippen molar-refractivity contribution in [3.05, 3.63) is 0 Å². The first-order chi connectivity index (χ1) is 8.76. The molecule has 6 nitrogen and oxygen atoms in total. The van der Waals surface area contributed by atoms with E-state index in [1.165, 1.54) is 6.42 Å². The first-order valence-electron chi connectivity index (χ1n) is 7.08. The van der Waals surface area contributed by atoms with Crippen LogP contribution < -0.4 is 33.6 Å². The SMILES string of the molecule is NCCCCC1NCCNC1N.NCCCCN. The molecule has 0 aromatic carbocycles. The maximum absolute atomic E-state index is 5.86. The van der Waals surface area contributed by atoms with Crippen molar-refractivity contribution in [2.24, 2.45) is 22.9 Å². The summed E-state index contributed by atoms with van der Waals surface area (Å²) in [5.74, 6) is 0. The van der Waals surface area contributed by atoms with Crippen molar-refractivity contribution in [1.82, 2.24) is 10.6 Å². The van der Waals surface area contributed by atoms with Crippen LogP contribution in [0.2, 0.25) is 0 Å². The molecule has 2 atom stereocenters. The third-order valence-corrected chi connectivity index (χ3v) is 2.97. The van der Waals surface area contributed by atoms with Gasteiger partial charge >= 0.3 is 0 Å². The summed E-state index contributed by atoms with van der Waals surface area (Å²) < 4.78 is 0. The molecule has 0 amide bonds. The minimum absolute atomic E-state index is 0.122. The fourth-order valence-corrected chi connectivity index (χ4v) is 1.84. The highest BCUT2D eigenvalue weighted by Gasteiger charge is 2.19. The molecule has 0 aliphatic carbocycles. The van der Waals surface area contributed by atoms with Crippen LogP contribution in [0.3, 0.4) is 0 Å². The van der Waals surface area contributed by atoms with Crippen LogP contribution in [0.15, 0.2) is 0 Å². The molecule has 110 valence electrons. The van der Waals surface area contributed by atoms with Crippen molar-refractivity contribution in [3.8, 4) is 0 Å². The van der Waals surface area contributed by atoms with E-state index >= 15 is 0 Å². The number of hydrogen-bond acceptors (Lipinski definition) is 6. The fourth-order valence-electron chi connectivity index (χ4n) is 1.84. The Labute approximate surface area is 111 Å². The number of nitrogens with one attached hydrogen (secondary N) is 2. The molecule has 0 radical (unpaired) electrons. The van der Waals surface area contributed by atoms with Crippen molar-refractivity contribution in [2.45, 2.75) is 44.3 Å². The Morgan fingerprint density at radius 1 is 0.778 bits per heavy atom. The second kappa shape index (κ2) is 13.2. The lowest BCUT2D eigenvalue weighted by atomic mass is 10.1. The van der Waals surface area contributed by atoms with Crippen molar-refractivity contribution in [2.75, 3.05) is 32.7 Å². The summed E-state index contributed by atoms with van der Waals surface area (Å²) in [4.78, 5) is 0. The Morgan fingerprint density at radius 3 is 1.78 bits per heavy atom. The van der Waals surface area contributed by atoms with E-state index in [0.29, 0.717) is 6.04 Å². The van der Waals surface area contributed by atoms with E-state index in [4.69, 9.17) is 22.9 Å². The predicted octanol–water partition coefficient (Wildman–Crippen LogP) is -1.35. The Hall–Kier alpha value is -0.240. The Kier molecular flexibility index (Phi) is 13.0. The van der Waals surface area contributed by atoms with E-state index in [0.717, 1.165) is 58.4 Å². The third-order valence-electron chi connectivity index (χ3n) is 2.97. The average molecular weight is 260 g/mol. The fraction of sp³-hybridized carbons (Fsp3) is 1.00. The van der Waals surface area contributed by atoms with Gasteiger partial charge in [-0.3, -0.25) is 5.32 Å². The molecule has 1 fully saturated rings. The van der Waals surface area contributed by atoms with E-state index < -0.39 is 0 Å². The van der Waals surface area contributed by atoms with Gasteiger partial charge in [0.05, 0.1) is 6.17 Å². The second-order valence-corrected chi connectivity index (χ2v) is 4.61. The molecule has 1 rings (SSSR count). The highest BCUT2D eigenvalue weighted by atomic mass is 15.2. The van der Waals surface area contributed by atoms with Gasteiger partial charge in [-0.05, 0) is 45.3 Å². The molecule has 1 aliphatic heterocycles. The zero-order valence-electron chi connectivity index (χ0n) is 11.5. The molecule has 1 heterocycles. The van der Waals surface area contributed by atoms with E-state index in [1.807, 2.05) is 0 Å². The number of nitrogens with two attached hydrogens (primary N) is 4. The molecule has 0 aromatic rings. The smallest absolute Gasteiger partial charge is 0.0705 e. The summed E-state index contributed by atoms with van der Waals surface area (Å²) in [6.45, 7) is 4.35. The Balaban J connectivity index is 0.000000411. The lowest BCUT2D eigenvalue weighted by molar-refractivity contribution is 0.307. The summed E-state index contributed by atoms with van der Waals surface area (Å²) in [5, 5.41) is 6.64. The molecule has 0 spiro atoms. The maximum atomic E-state index is 5.86. The monoisotopic (exact) mass is 260 g/mol. The van der Waals surface area contributed by atoms with Gasteiger partial charge in [0.15, 0.2) is 0 Å². The summed E-state index contributed by atoms with van der Waals surface area (Å²) in [7, 11) is 0. The van der Waals surface area contributed by atoms with Gasteiger partial charge in [0.2, 0.25) is 0 Å². The molecule has 0 saturated carbocycles. The zero-order chi connectivity index (χ0) is 13.6. The van der Waals surface area contributed by atoms with Crippen molar-refractivity contribution < 1.29 is 0 Å². The number of piperazine rings is 1. The number of hydrogen-bond donors (Lipinski definition) is 6. The summed E-state index contributed by atoms with van der Waals surface area (Å²) in [5.41, 5.74) is 21.6. The molecule has 18 heavy (non-hydrogen) atoms. The first-order valence-corrected chi connectivity index (χ1v) is 7.08. The van der Waals surface area contributed by atoms with Crippen molar-refractivity contribution in [1.29, 1.82) is 0 Å². The molecular weight excluding hydrogens is 228 g/mol. The first kappa shape index (κ1) is 17.8. The molecule has 1 aliphatic rings. The van der Waals surface area contributed by atoms with Gasteiger partial charge in [-0.25, -0.2) is 0 Å². The highest BCUT2D eigenvalue weighted by molar-refractivity contribution is 4.82. The largest absolute Gasteiger partial charge is 0.330 e. The predicted molar refractivity (Wildman–Crippen MR) is 78.0 cm³/mol. The van der Waals surface area contributed by atoms with Crippen LogP contribution >= 0.6 is 0 Å². The van der Waals surface area contributed by atoms with Crippen molar-refractivity contribution in [3.63, 3.8) is 0 Å². The van der Waals surface area contributed by atoms with E-state index in [9.17, 15) is 0 Å². The molecule has 0 aromatic heterocycles. The Morgan fingerprint density at radius 2 is 1.28 bits per heavy atom. The molecule has 10 N–H and O–H groups in total. The molecular formula is C12H32N6. The van der Waals surface area contributed by atoms with Crippen LogP contribution in [0.4, 0.5) is 0 Å². The van der Waals surface area contributed by atoms with Gasteiger partial charge < -0.3 is 28.3 Å². The molecule has 0 bridgehead atoms. The highest BCUT2D eigenvalue weighted by Crippen LogP contribution is 2.03. The van der Waals surface area contributed by atoms with Crippen LogP contribution in [0, 0.1) is 0 Å². The maximum Gasteiger partial charge on any atom is 0.0705 e. The lowest BCUT2D eigenvalue weighted by Crippen LogP contribution is -2.60. The number of rotatable bonds is 7. The second-order valence-electron chi connectivity index (χ2n) is 4.61. The average Bonchev–Trinajstić information content (AvgIpc) is 2.40. The van der Waals surface area contributed by atoms with Crippen LogP contribution in [0.25, 0.3) is 0 Å². The zero-order valence-corrected chi connectivity index (χ0v) is 11.5. The molecule has 2 unspecified atom stereocenters. The topological polar surface area (TPSA) is 128 Å². The minimum Gasteiger partial charge on any atom is -0.330 e. The van der Waals surface area contributed by atoms with Gasteiger partial charge in [-0.1, -0.05) is 6.42 Å². The van der Waals surface area contributed by atoms with Crippen LogP contribution in [0.1, 0.15) is 32.1 Å². The number of unbranched alkanes of at least 4 members (excludes halogenated alkanes) is 2. The third kappa shape index (κ3) is 9.76. The summed E-state index contributed by atoms with van der Waals surface area (Å²) >= 11 is 0.